The van der Waals surface area contributed by atoms with Crippen molar-refractivity contribution in [3.8, 4) is 5.75 Å². The second-order valence-electron chi connectivity index (χ2n) is 6.33. The van der Waals surface area contributed by atoms with Gasteiger partial charge in [0.25, 0.3) is 0 Å². The fourth-order valence-electron chi connectivity index (χ4n) is 2.92. The van der Waals surface area contributed by atoms with Crippen LogP contribution in [-0.4, -0.2) is 39.6 Å². The van der Waals surface area contributed by atoms with Crippen LogP contribution >= 0.6 is 0 Å². The van der Waals surface area contributed by atoms with E-state index in [1.165, 1.54) is 18.4 Å². The van der Waals surface area contributed by atoms with Crippen LogP contribution in [0.15, 0.2) is 41.0 Å². The Labute approximate surface area is 155 Å². The molecule has 3 rings (SSSR count). The van der Waals surface area contributed by atoms with Crippen molar-refractivity contribution in [1.29, 1.82) is 0 Å². The maximum atomic E-state index is 12.6. The number of ketones is 1. The number of esters is 1. The highest BCUT2D eigenvalue weighted by atomic mass is 16.5. The lowest BCUT2D eigenvalue weighted by Crippen LogP contribution is -2.16. The SMILES string of the molecule is C[C@H]1C/C=C\C(=O)C[C@@H](O)C/C=C/c2c(c(O)cc3occc23)C(=O)O1.O. The number of ether oxygens (including phenoxy) is 1. The number of aromatic hydroxyl groups is 1. The minimum absolute atomic E-state index is 0. The first-order valence-electron chi connectivity index (χ1n) is 8.44. The summed E-state index contributed by atoms with van der Waals surface area (Å²) in [6.45, 7) is 1.70. The highest BCUT2D eigenvalue weighted by molar-refractivity contribution is 6.04. The number of carbonyl (C=O) groups excluding carboxylic acids is 2. The van der Waals surface area contributed by atoms with Crippen molar-refractivity contribution >= 4 is 28.8 Å². The fraction of sp³-hybridized carbons (Fsp3) is 0.300. The summed E-state index contributed by atoms with van der Waals surface area (Å²) in [4.78, 5) is 24.4. The molecule has 2 atom stereocenters. The largest absolute Gasteiger partial charge is 0.507 e. The van der Waals surface area contributed by atoms with Gasteiger partial charge in [-0.05, 0) is 25.5 Å². The Morgan fingerprint density at radius 3 is 2.67 bits per heavy atom. The van der Waals surface area contributed by atoms with Gasteiger partial charge in [-0.2, -0.15) is 0 Å². The summed E-state index contributed by atoms with van der Waals surface area (Å²) < 4.78 is 10.7. The van der Waals surface area contributed by atoms with E-state index in [0.717, 1.165) is 0 Å². The number of aliphatic hydroxyl groups excluding tert-OH is 1. The molecule has 0 fully saturated rings. The van der Waals surface area contributed by atoms with E-state index in [0.29, 0.717) is 23.0 Å². The molecule has 7 heteroatoms. The van der Waals surface area contributed by atoms with E-state index in [1.54, 1.807) is 31.2 Å². The van der Waals surface area contributed by atoms with Gasteiger partial charge in [0, 0.05) is 29.9 Å². The van der Waals surface area contributed by atoms with Crippen molar-refractivity contribution in [2.24, 2.45) is 0 Å². The second-order valence-corrected chi connectivity index (χ2v) is 6.33. The van der Waals surface area contributed by atoms with Crippen LogP contribution in [-0.2, 0) is 9.53 Å². The number of phenols is 1. The molecular weight excluding hydrogens is 352 g/mol. The highest BCUT2D eigenvalue weighted by Crippen LogP contribution is 2.33. The molecule has 0 amide bonds. The Morgan fingerprint density at radius 2 is 1.89 bits per heavy atom. The molecule has 7 nitrogen and oxygen atoms in total. The van der Waals surface area contributed by atoms with E-state index in [1.807, 2.05) is 0 Å². The lowest BCUT2D eigenvalue weighted by Gasteiger charge is -2.15. The van der Waals surface area contributed by atoms with Crippen molar-refractivity contribution in [3.63, 3.8) is 0 Å². The van der Waals surface area contributed by atoms with Gasteiger partial charge in [0.1, 0.15) is 23.0 Å². The molecule has 0 saturated carbocycles. The normalized spacial score (nSPS) is 23.6. The molecule has 2 aromatic rings. The highest BCUT2D eigenvalue weighted by Gasteiger charge is 2.22. The maximum absolute atomic E-state index is 12.6. The topological polar surface area (TPSA) is 128 Å². The average Bonchev–Trinajstić information content (AvgIpc) is 3.01. The van der Waals surface area contributed by atoms with E-state index >= 15 is 0 Å². The van der Waals surface area contributed by atoms with E-state index in [4.69, 9.17) is 9.15 Å². The van der Waals surface area contributed by atoms with Gasteiger partial charge in [0.05, 0.1) is 12.4 Å². The maximum Gasteiger partial charge on any atom is 0.342 e. The molecule has 144 valence electrons. The number of carbonyl (C=O) groups is 2. The van der Waals surface area contributed by atoms with Gasteiger partial charge in [-0.25, -0.2) is 4.79 Å². The number of hydrogen-bond donors (Lipinski definition) is 2. The molecule has 4 N–H and O–H groups in total. The second kappa shape index (κ2) is 8.66. The summed E-state index contributed by atoms with van der Waals surface area (Å²) in [5, 5.41) is 21.0. The molecule has 0 unspecified atom stereocenters. The van der Waals surface area contributed by atoms with Crippen LogP contribution in [0.4, 0.5) is 0 Å². The molecular formula is C20H22O7. The van der Waals surface area contributed by atoms with Crippen molar-refractivity contribution in [2.75, 3.05) is 0 Å². The number of aliphatic hydroxyl groups is 1. The number of hydrogen-bond acceptors (Lipinski definition) is 6. The lowest BCUT2D eigenvalue weighted by molar-refractivity contribution is -0.116. The summed E-state index contributed by atoms with van der Waals surface area (Å²) >= 11 is 0. The zero-order valence-electron chi connectivity index (χ0n) is 14.8. The predicted octanol–water partition coefficient (Wildman–Crippen LogP) is 2.54. The monoisotopic (exact) mass is 374 g/mol. The number of rotatable bonds is 0. The van der Waals surface area contributed by atoms with Crippen LogP contribution in [0.3, 0.4) is 0 Å². The molecule has 2 heterocycles. The van der Waals surface area contributed by atoms with Crippen LogP contribution in [0.2, 0.25) is 0 Å². The number of phenolic OH excluding ortho intramolecular Hbond substituents is 1. The van der Waals surface area contributed by atoms with Crippen LogP contribution in [0.1, 0.15) is 42.1 Å². The van der Waals surface area contributed by atoms with E-state index in [2.05, 4.69) is 0 Å². The number of allylic oxidation sites excluding steroid dienone is 1. The first-order valence-corrected chi connectivity index (χ1v) is 8.44. The van der Waals surface area contributed by atoms with Gasteiger partial charge >= 0.3 is 5.97 Å². The van der Waals surface area contributed by atoms with Crippen LogP contribution < -0.4 is 0 Å². The smallest absolute Gasteiger partial charge is 0.342 e. The minimum atomic E-state index is -0.823. The number of furan rings is 1. The van der Waals surface area contributed by atoms with Gasteiger partial charge < -0.3 is 24.8 Å². The predicted molar refractivity (Wildman–Crippen MR) is 99.4 cm³/mol. The summed E-state index contributed by atoms with van der Waals surface area (Å²) in [7, 11) is 0. The lowest BCUT2D eigenvalue weighted by atomic mass is 10.00. The van der Waals surface area contributed by atoms with Gasteiger partial charge in [-0.3, -0.25) is 4.79 Å². The molecule has 0 radical (unpaired) electrons. The molecule has 1 aliphatic rings. The third-order valence-corrected chi connectivity index (χ3v) is 4.19. The van der Waals surface area contributed by atoms with Gasteiger partial charge in [0.2, 0.25) is 0 Å². The molecule has 1 aromatic carbocycles. The van der Waals surface area contributed by atoms with Gasteiger partial charge in [-0.15, -0.1) is 0 Å². The first-order chi connectivity index (χ1) is 12.5. The molecule has 0 saturated heterocycles. The van der Waals surface area contributed by atoms with Crippen LogP contribution in [0, 0.1) is 0 Å². The van der Waals surface area contributed by atoms with E-state index < -0.39 is 18.2 Å². The summed E-state index contributed by atoms with van der Waals surface area (Å²) in [6, 6.07) is 3.07. The molecule has 1 aromatic heterocycles. The van der Waals surface area contributed by atoms with E-state index in [-0.39, 0.29) is 35.4 Å². The van der Waals surface area contributed by atoms with Crippen molar-refractivity contribution in [1.82, 2.24) is 0 Å². The first kappa shape index (κ1) is 20.4. The molecule has 1 aliphatic heterocycles. The molecule has 0 aliphatic carbocycles. The quantitative estimate of drug-likeness (QED) is 0.682. The summed E-state index contributed by atoms with van der Waals surface area (Å²) in [6.07, 6.45) is 7.08. The Morgan fingerprint density at radius 1 is 1.15 bits per heavy atom. The molecule has 0 spiro atoms. The zero-order valence-corrected chi connectivity index (χ0v) is 14.8. The van der Waals surface area contributed by atoms with Crippen molar-refractivity contribution < 1.29 is 34.4 Å². The Hall–Kier alpha value is -2.90. The number of benzene rings is 1. The van der Waals surface area contributed by atoms with Gasteiger partial charge in [-0.1, -0.05) is 18.2 Å². The number of fused-ring (bicyclic) bond motifs is 3. The van der Waals surface area contributed by atoms with Gasteiger partial charge in [0.15, 0.2) is 5.78 Å². The summed E-state index contributed by atoms with van der Waals surface area (Å²) in [5.41, 5.74) is 0.942. The fourth-order valence-corrected chi connectivity index (χ4v) is 2.92. The molecule has 0 bridgehead atoms. The molecule has 27 heavy (non-hydrogen) atoms. The third kappa shape index (κ3) is 4.64. The minimum Gasteiger partial charge on any atom is -0.507 e. The average molecular weight is 374 g/mol. The van der Waals surface area contributed by atoms with Crippen LogP contribution in [0.25, 0.3) is 17.0 Å². The number of cyclic esters (lactones) is 1. The van der Waals surface area contributed by atoms with Crippen molar-refractivity contribution in [2.45, 2.75) is 38.4 Å². The van der Waals surface area contributed by atoms with Crippen LogP contribution in [0.5, 0.6) is 5.75 Å². The third-order valence-electron chi connectivity index (χ3n) is 4.19. The Bertz CT molecular complexity index is 891. The zero-order chi connectivity index (χ0) is 18.7. The summed E-state index contributed by atoms with van der Waals surface area (Å²) in [5.74, 6) is -1.07. The van der Waals surface area contributed by atoms with Crippen molar-refractivity contribution in [3.05, 3.63) is 47.8 Å². The standard InChI is InChI=1S/C20H20O6.H2O/c1-12-4-2-5-13(21)10-14(22)6-3-7-16-15-8-9-25-18(15)11-17(23)19(16)20(24)26-12;/h2-3,5,7-9,11-12,14,22-23H,4,6,10H2,1H3;1H2/b5-2-,7-3+;/t12-,14-;/m0./s1. The Balaban J connectivity index is 0.00000261. The van der Waals surface area contributed by atoms with E-state index in [9.17, 15) is 19.8 Å². The Kier molecular flexibility index (Phi) is 6.55.